The molecule has 0 unspecified atom stereocenters. The van der Waals surface area contributed by atoms with Crippen molar-refractivity contribution in [1.29, 1.82) is 0 Å². The molecule has 1 aromatic carbocycles. The Bertz CT molecular complexity index is 281. The molecule has 0 bridgehead atoms. The zero-order valence-electron chi connectivity index (χ0n) is 9.16. The minimum absolute atomic E-state index is 0.876. The maximum Gasteiger partial charge on any atom is 0.0366 e. The molecular formula is C13H19N. The predicted molar refractivity (Wildman–Crippen MR) is 62.0 cm³/mol. The van der Waals surface area contributed by atoms with E-state index in [-0.39, 0.29) is 0 Å². The van der Waals surface area contributed by atoms with Crippen LogP contribution in [0.1, 0.15) is 38.2 Å². The van der Waals surface area contributed by atoms with Crippen LogP contribution in [0, 0.1) is 0 Å². The molecular weight excluding hydrogens is 170 g/mol. The molecule has 1 aliphatic rings. The molecule has 0 aliphatic heterocycles. The first-order valence-corrected chi connectivity index (χ1v) is 5.70. The van der Waals surface area contributed by atoms with Crippen molar-refractivity contribution >= 4 is 5.69 Å². The van der Waals surface area contributed by atoms with Crippen LogP contribution >= 0.6 is 0 Å². The van der Waals surface area contributed by atoms with Crippen molar-refractivity contribution in [2.45, 2.75) is 32.6 Å². The summed E-state index contributed by atoms with van der Waals surface area (Å²) in [4.78, 5) is 2.39. The lowest BCUT2D eigenvalue weighted by atomic mass is 10.1. The fourth-order valence-corrected chi connectivity index (χ4v) is 1.96. The number of rotatable bonds is 4. The topological polar surface area (TPSA) is 3.24 Å². The quantitative estimate of drug-likeness (QED) is 0.701. The Labute approximate surface area is 86.7 Å². The average molecular weight is 189 g/mol. The third kappa shape index (κ3) is 1.92. The molecule has 0 saturated heterocycles. The summed E-state index contributed by atoms with van der Waals surface area (Å²) in [5, 5.41) is 0. The summed E-state index contributed by atoms with van der Waals surface area (Å²) >= 11 is 0. The second-order valence-electron chi connectivity index (χ2n) is 4.04. The Morgan fingerprint density at radius 3 is 2.07 bits per heavy atom. The first kappa shape index (κ1) is 9.57. The van der Waals surface area contributed by atoms with E-state index in [1.807, 2.05) is 0 Å². The van der Waals surface area contributed by atoms with Crippen LogP contribution in [0.25, 0.3) is 0 Å². The van der Waals surface area contributed by atoms with E-state index in [1.165, 1.54) is 24.1 Å². The van der Waals surface area contributed by atoms with Gasteiger partial charge in [-0.25, -0.2) is 0 Å². The molecule has 0 amide bonds. The first-order valence-electron chi connectivity index (χ1n) is 5.70. The highest BCUT2D eigenvalue weighted by molar-refractivity contribution is 5.48. The van der Waals surface area contributed by atoms with Crippen molar-refractivity contribution in [2.24, 2.45) is 0 Å². The summed E-state index contributed by atoms with van der Waals surface area (Å²) in [5.74, 6) is 0.876. The second-order valence-corrected chi connectivity index (χ2v) is 4.04. The van der Waals surface area contributed by atoms with Gasteiger partial charge in [0.15, 0.2) is 0 Å². The third-order valence-electron chi connectivity index (χ3n) is 3.07. The largest absolute Gasteiger partial charge is 0.372 e. The molecule has 0 N–H and O–H groups in total. The van der Waals surface area contributed by atoms with Crippen molar-refractivity contribution in [3.05, 3.63) is 29.8 Å². The SMILES string of the molecule is CCN(CC)c1ccc(C2CC2)cc1. The van der Waals surface area contributed by atoms with E-state index in [1.54, 1.807) is 0 Å². The van der Waals surface area contributed by atoms with E-state index in [9.17, 15) is 0 Å². The zero-order valence-corrected chi connectivity index (χ0v) is 9.16. The van der Waals surface area contributed by atoms with Gasteiger partial charge in [-0.3, -0.25) is 0 Å². The monoisotopic (exact) mass is 189 g/mol. The minimum atomic E-state index is 0.876. The summed E-state index contributed by atoms with van der Waals surface area (Å²) in [6.45, 7) is 6.61. The van der Waals surface area contributed by atoms with Gasteiger partial charge in [0.05, 0.1) is 0 Å². The molecule has 0 heterocycles. The Morgan fingerprint density at radius 1 is 1.07 bits per heavy atom. The minimum Gasteiger partial charge on any atom is -0.372 e. The molecule has 76 valence electrons. The Balaban J connectivity index is 2.11. The highest BCUT2D eigenvalue weighted by atomic mass is 15.1. The number of nitrogens with zero attached hydrogens (tertiary/aromatic N) is 1. The Kier molecular flexibility index (Phi) is 2.76. The van der Waals surface area contributed by atoms with Crippen LogP contribution in [-0.2, 0) is 0 Å². The summed E-state index contributed by atoms with van der Waals surface area (Å²) in [5.41, 5.74) is 2.89. The van der Waals surface area contributed by atoms with E-state index < -0.39 is 0 Å². The molecule has 0 radical (unpaired) electrons. The van der Waals surface area contributed by atoms with Gasteiger partial charge in [0.2, 0.25) is 0 Å². The molecule has 1 aliphatic carbocycles. The first-order chi connectivity index (χ1) is 6.85. The van der Waals surface area contributed by atoms with Gasteiger partial charge in [0, 0.05) is 18.8 Å². The third-order valence-corrected chi connectivity index (χ3v) is 3.07. The van der Waals surface area contributed by atoms with E-state index in [2.05, 4.69) is 43.0 Å². The molecule has 0 spiro atoms. The lowest BCUT2D eigenvalue weighted by molar-refractivity contribution is 0.865. The van der Waals surface area contributed by atoms with Crippen molar-refractivity contribution < 1.29 is 0 Å². The van der Waals surface area contributed by atoms with Crippen LogP contribution in [0.4, 0.5) is 5.69 Å². The Morgan fingerprint density at radius 2 is 1.64 bits per heavy atom. The fourth-order valence-electron chi connectivity index (χ4n) is 1.96. The normalized spacial score (nSPS) is 15.6. The summed E-state index contributed by atoms with van der Waals surface area (Å²) in [6, 6.07) is 9.12. The number of hydrogen-bond donors (Lipinski definition) is 0. The maximum atomic E-state index is 2.39. The molecule has 2 rings (SSSR count). The second kappa shape index (κ2) is 4.04. The van der Waals surface area contributed by atoms with Crippen LogP contribution in [0.3, 0.4) is 0 Å². The highest BCUT2D eigenvalue weighted by Gasteiger charge is 2.22. The van der Waals surface area contributed by atoms with Gasteiger partial charge in [-0.1, -0.05) is 12.1 Å². The fraction of sp³-hybridized carbons (Fsp3) is 0.538. The molecule has 1 fully saturated rings. The molecule has 1 saturated carbocycles. The number of benzene rings is 1. The van der Waals surface area contributed by atoms with Crippen LogP contribution in [0.15, 0.2) is 24.3 Å². The van der Waals surface area contributed by atoms with E-state index in [0.717, 1.165) is 19.0 Å². The van der Waals surface area contributed by atoms with Crippen molar-refractivity contribution in [3.63, 3.8) is 0 Å². The van der Waals surface area contributed by atoms with Gasteiger partial charge in [0.1, 0.15) is 0 Å². The van der Waals surface area contributed by atoms with Gasteiger partial charge >= 0.3 is 0 Å². The molecule has 1 aromatic rings. The van der Waals surface area contributed by atoms with Crippen LogP contribution < -0.4 is 4.90 Å². The lowest BCUT2D eigenvalue weighted by Crippen LogP contribution is -2.21. The number of anilines is 1. The standard InChI is InChI=1S/C13H19N/c1-3-14(4-2)13-9-7-12(8-10-13)11-5-6-11/h7-11H,3-6H2,1-2H3. The number of hydrogen-bond acceptors (Lipinski definition) is 1. The molecule has 14 heavy (non-hydrogen) atoms. The molecule has 1 heteroatoms. The Hall–Kier alpha value is -0.980. The van der Waals surface area contributed by atoms with Gasteiger partial charge < -0.3 is 4.90 Å². The lowest BCUT2D eigenvalue weighted by Gasteiger charge is -2.21. The molecule has 0 atom stereocenters. The molecule has 0 aromatic heterocycles. The maximum absolute atomic E-state index is 2.39. The van der Waals surface area contributed by atoms with E-state index >= 15 is 0 Å². The van der Waals surface area contributed by atoms with Crippen molar-refractivity contribution in [3.8, 4) is 0 Å². The summed E-state index contributed by atoms with van der Waals surface area (Å²) in [7, 11) is 0. The highest BCUT2D eigenvalue weighted by Crippen LogP contribution is 2.40. The smallest absolute Gasteiger partial charge is 0.0366 e. The van der Waals surface area contributed by atoms with Crippen molar-refractivity contribution in [1.82, 2.24) is 0 Å². The zero-order chi connectivity index (χ0) is 9.97. The summed E-state index contributed by atoms with van der Waals surface area (Å²) < 4.78 is 0. The molecule has 1 nitrogen and oxygen atoms in total. The van der Waals surface area contributed by atoms with E-state index in [4.69, 9.17) is 0 Å². The van der Waals surface area contributed by atoms with Gasteiger partial charge in [-0.15, -0.1) is 0 Å². The van der Waals surface area contributed by atoms with Crippen LogP contribution in [0.2, 0.25) is 0 Å². The average Bonchev–Trinajstić information content (AvgIpc) is 3.04. The van der Waals surface area contributed by atoms with Crippen LogP contribution in [0.5, 0.6) is 0 Å². The summed E-state index contributed by atoms with van der Waals surface area (Å²) in [6.07, 6.45) is 2.79. The van der Waals surface area contributed by atoms with Crippen molar-refractivity contribution in [2.75, 3.05) is 18.0 Å². The van der Waals surface area contributed by atoms with Crippen LogP contribution in [-0.4, -0.2) is 13.1 Å². The van der Waals surface area contributed by atoms with Gasteiger partial charge in [-0.2, -0.15) is 0 Å². The predicted octanol–water partition coefficient (Wildman–Crippen LogP) is 3.41. The van der Waals surface area contributed by atoms with Gasteiger partial charge in [0.25, 0.3) is 0 Å². The van der Waals surface area contributed by atoms with E-state index in [0.29, 0.717) is 0 Å². The van der Waals surface area contributed by atoms with Gasteiger partial charge in [-0.05, 0) is 50.3 Å².